The summed E-state index contributed by atoms with van der Waals surface area (Å²) in [4.78, 5) is 23.8. The molecule has 0 aromatic heterocycles. The molecule has 0 aliphatic carbocycles. The molecule has 0 spiro atoms. The van der Waals surface area contributed by atoms with Gasteiger partial charge in [0.1, 0.15) is 19.3 Å². The van der Waals surface area contributed by atoms with Crippen LogP contribution in [0.15, 0.2) is 48.6 Å². The normalized spacial score (nSPS) is 13.4. The predicted molar refractivity (Wildman–Crippen MR) is 188 cm³/mol. The number of carbonyl (C=O) groups is 2. The molecule has 0 fully saturated rings. The molecule has 0 bridgehead atoms. The van der Waals surface area contributed by atoms with E-state index < -0.39 is 12.2 Å². The molecular weight excluding hydrogens is 564 g/mol. The standard InChI is InChI=1S/C39H68O6/c1-3-5-7-9-11-12-13-14-15-16-20-24-28-32-38(42)44-34-37(41)35-45-39(43)33-29-25-21-17-19-23-27-31-36(40)30-26-22-18-10-8-6-4-2/h17-18,21-23,26-27,30,36-37,40-41H,3-16,19-20,24-25,28-29,31-35H2,1-2H3/b21-17+,22-18-,27-23-,30-26-/t36-,37+/m1/s1. The molecule has 2 atom stereocenters. The highest BCUT2D eigenvalue weighted by atomic mass is 16.6. The topological polar surface area (TPSA) is 93.1 Å². The van der Waals surface area contributed by atoms with Crippen LogP contribution in [0.5, 0.6) is 0 Å². The Morgan fingerprint density at radius 2 is 1.04 bits per heavy atom. The smallest absolute Gasteiger partial charge is 0.305 e. The third kappa shape index (κ3) is 34.5. The van der Waals surface area contributed by atoms with Crippen molar-refractivity contribution in [3.63, 3.8) is 0 Å². The van der Waals surface area contributed by atoms with Crippen molar-refractivity contribution in [2.75, 3.05) is 13.2 Å². The van der Waals surface area contributed by atoms with Gasteiger partial charge in [0, 0.05) is 12.8 Å². The summed E-state index contributed by atoms with van der Waals surface area (Å²) in [6.45, 7) is 4.14. The summed E-state index contributed by atoms with van der Waals surface area (Å²) < 4.78 is 10.2. The van der Waals surface area contributed by atoms with Gasteiger partial charge in [-0.25, -0.2) is 0 Å². The average molecular weight is 633 g/mol. The molecule has 0 rings (SSSR count). The van der Waals surface area contributed by atoms with E-state index >= 15 is 0 Å². The molecule has 6 nitrogen and oxygen atoms in total. The molecule has 45 heavy (non-hydrogen) atoms. The quantitative estimate of drug-likeness (QED) is 0.0332. The van der Waals surface area contributed by atoms with Gasteiger partial charge < -0.3 is 19.7 Å². The monoisotopic (exact) mass is 633 g/mol. The zero-order valence-corrected chi connectivity index (χ0v) is 29.0. The molecule has 0 saturated carbocycles. The second-order valence-electron chi connectivity index (χ2n) is 12.2. The Morgan fingerprint density at radius 3 is 1.64 bits per heavy atom. The Bertz CT molecular complexity index is 784. The number of carbonyl (C=O) groups excluding carboxylic acids is 2. The zero-order chi connectivity index (χ0) is 33.1. The molecule has 0 unspecified atom stereocenters. The van der Waals surface area contributed by atoms with Crippen molar-refractivity contribution in [1.82, 2.24) is 0 Å². The lowest BCUT2D eigenvalue weighted by Gasteiger charge is -2.12. The maximum Gasteiger partial charge on any atom is 0.305 e. The molecule has 0 amide bonds. The molecule has 0 radical (unpaired) electrons. The maximum absolute atomic E-state index is 11.9. The SMILES string of the molecule is CCCCC/C=C\C=C/[C@@H](O)C/C=C\C/C=C/CCCC(=O)OC[C@@H](O)COC(=O)CCCCCCCCCCCCCCC. The van der Waals surface area contributed by atoms with Gasteiger partial charge in [0.05, 0.1) is 6.10 Å². The van der Waals surface area contributed by atoms with E-state index in [4.69, 9.17) is 9.47 Å². The van der Waals surface area contributed by atoms with Crippen molar-refractivity contribution in [3.05, 3.63) is 48.6 Å². The molecule has 0 saturated heterocycles. The predicted octanol–water partition coefficient (Wildman–Crippen LogP) is 10.0. The van der Waals surface area contributed by atoms with E-state index in [0.29, 0.717) is 19.3 Å². The highest BCUT2D eigenvalue weighted by molar-refractivity contribution is 5.69. The number of hydrogen-bond acceptors (Lipinski definition) is 6. The molecule has 0 aromatic carbocycles. The number of aliphatic hydroxyl groups is 2. The third-order valence-corrected chi connectivity index (χ3v) is 7.65. The highest BCUT2D eigenvalue weighted by Crippen LogP contribution is 2.13. The number of aliphatic hydroxyl groups excluding tert-OH is 2. The summed E-state index contributed by atoms with van der Waals surface area (Å²) in [6.07, 6.45) is 39.0. The van der Waals surface area contributed by atoms with Gasteiger partial charge in [-0.15, -0.1) is 0 Å². The van der Waals surface area contributed by atoms with Gasteiger partial charge in [-0.2, -0.15) is 0 Å². The highest BCUT2D eigenvalue weighted by Gasteiger charge is 2.12. The second-order valence-corrected chi connectivity index (χ2v) is 12.2. The lowest BCUT2D eigenvalue weighted by Crippen LogP contribution is -2.25. The van der Waals surface area contributed by atoms with E-state index in [0.717, 1.165) is 38.5 Å². The zero-order valence-electron chi connectivity index (χ0n) is 29.0. The Hall–Kier alpha value is -2.18. The minimum Gasteiger partial charge on any atom is -0.463 e. The summed E-state index contributed by atoms with van der Waals surface area (Å²) >= 11 is 0. The van der Waals surface area contributed by atoms with Crippen molar-refractivity contribution in [3.8, 4) is 0 Å². The number of rotatable bonds is 32. The first-order valence-electron chi connectivity index (χ1n) is 18.3. The fraction of sp³-hybridized carbons (Fsp3) is 0.744. The fourth-order valence-electron chi connectivity index (χ4n) is 4.80. The van der Waals surface area contributed by atoms with Gasteiger partial charge in [0.15, 0.2) is 0 Å². The first-order chi connectivity index (χ1) is 22.0. The van der Waals surface area contributed by atoms with Crippen LogP contribution in [0.4, 0.5) is 0 Å². The maximum atomic E-state index is 11.9. The van der Waals surface area contributed by atoms with Crippen LogP contribution < -0.4 is 0 Å². The number of ether oxygens (including phenoxy) is 2. The minimum absolute atomic E-state index is 0.149. The summed E-state index contributed by atoms with van der Waals surface area (Å²) in [7, 11) is 0. The molecule has 6 heteroatoms. The van der Waals surface area contributed by atoms with Gasteiger partial charge in [-0.3, -0.25) is 9.59 Å². The molecule has 260 valence electrons. The van der Waals surface area contributed by atoms with Crippen LogP contribution in [-0.2, 0) is 19.1 Å². The molecule has 0 aliphatic heterocycles. The third-order valence-electron chi connectivity index (χ3n) is 7.65. The minimum atomic E-state index is -1.00. The Morgan fingerprint density at radius 1 is 0.556 bits per heavy atom. The van der Waals surface area contributed by atoms with Crippen molar-refractivity contribution < 1.29 is 29.3 Å². The molecule has 2 N–H and O–H groups in total. The van der Waals surface area contributed by atoms with Crippen LogP contribution in [0, 0.1) is 0 Å². The summed E-state index contributed by atoms with van der Waals surface area (Å²) in [5.74, 6) is -0.669. The van der Waals surface area contributed by atoms with Gasteiger partial charge in [-0.1, -0.05) is 152 Å². The Kier molecular flexibility index (Phi) is 33.0. The van der Waals surface area contributed by atoms with Crippen LogP contribution in [0.3, 0.4) is 0 Å². The largest absolute Gasteiger partial charge is 0.463 e. The Balaban J connectivity index is 3.62. The van der Waals surface area contributed by atoms with Crippen LogP contribution in [0.2, 0.25) is 0 Å². The van der Waals surface area contributed by atoms with Gasteiger partial charge in [0.2, 0.25) is 0 Å². The number of allylic oxidation sites excluding steroid dienone is 6. The Labute approximate surface area is 276 Å². The van der Waals surface area contributed by atoms with Crippen LogP contribution >= 0.6 is 0 Å². The lowest BCUT2D eigenvalue weighted by molar-refractivity contribution is -0.152. The van der Waals surface area contributed by atoms with E-state index in [1.807, 2.05) is 42.5 Å². The van der Waals surface area contributed by atoms with Crippen LogP contribution in [0.1, 0.15) is 162 Å². The van der Waals surface area contributed by atoms with E-state index in [2.05, 4.69) is 19.9 Å². The van der Waals surface area contributed by atoms with Gasteiger partial charge in [0.25, 0.3) is 0 Å². The van der Waals surface area contributed by atoms with Gasteiger partial charge >= 0.3 is 11.9 Å². The fourth-order valence-corrected chi connectivity index (χ4v) is 4.80. The summed E-state index contributed by atoms with van der Waals surface area (Å²) in [5.41, 5.74) is 0. The van der Waals surface area contributed by atoms with Gasteiger partial charge in [-0.05, 0) is 44.9 Å². The van der Waals surface area contributed by atoms with Crippen LogP contribution in [-0.4, -0.2) is 47.6 Å². The van der Waals surface area contributed by atoms with E-state index in [-0.39, 0.29) is 31.6 Å². The van der Waals surface area contributed by atoms with Crippen molar-refractivity contribution >= 4 is 11.9 Å². The second kappa shape index (κ2) is 34.7. The first kappa shape index (κ1) is 42.8. The van der Waals surface area contributed by atoms with Crippen LogP contribution in [0.25, 0.3) is 0 Å². The molecular formula is C39H68O6. The number of unbranched alkanes of at least 4 members (excludes halogenated alkanes) is 16. The first-order valence-corrected chi connectivity index (χ1v) is 18.3. The van der Waals surface area contributed by atoms with Crippen molar-refractivity contribution in [2.45, 2.75) is 174 Å². The molecule has 0 heterocycles. The summed E-state index contributed by atoms with van der Waals surface area (Å²) in [6, 6.07) is 0. The van der Waals surface area contributed by atoms with Crippen molar-refractivity contribution in [2.24, 2.45) is 0 Å². The molecule has 0 aliphatic rings. The van der Waals surface area contributed by atoms with Crippen molar-refractivity contribution in [1.29, 1.82) is 0 Å². The number of hydrogen-bond donors (Lipinski definition) is 2. The summed E-state index contributed by atoms with van der Waals surface area (Å²) in [5, 5.41) is 19.9. The van der Waals surface area contributed by atoms with E-state index in [1.54, 1.807) is 0 Å². The van der Waals surface area contributed by atoms with E-state index in [9.17, 15) is 19.8 Å². The number of esters is 2. The molecule has 0 aromatic rings. The average Bonchev–Trinajstić information content (AvgIpc) is 3.03. The lowest BCUT2D eigenvalue weighted by atomic mass is 10.0. The van der Waals surface area contributed by atoms with E-state index in [1.165, 1.54) is 83.5 Å².